The molecule has 1 aromatic heterocycles. The topological polar surface area (TPSA) is 23.8 Å². The molecule has 0 aromatic carbocycles. The van der Waals surface area contributed by atoms with Crippen LogP contribution in [0, 0.1) is 11.3 Å². The van der Waals surface area contributed by atoms with Gasteiger partial charge in [-0.2, -0.15) is 16.6 Å². The molecule has 0 saturated carbocycles. The van der Waals surface area contributed by atoms with E-state index >= 15 is 0 Å². The van der Waals surface area contributed by atoms with Gasteiger partial charge in [0, 0.05) is 11.6 Å². The molecule has 0 amide bonds. The van der Waals surface area contributed by atoms with Crippen molar-refractivity contribution < 1.29 is 0 Å². The molecule has 1 aromatic rings. The Balaban J connectivity index is 2.90. The highest BCUT2D eigenvalue weighted by atomic mass is 35.5. The van der Waals surface area contributed by atoms with E-state index in [1.54, 1.807) is 11.3 Å². The first-order valence-corrected chi connectivity index (χ1v) is 3.94. The van der Waals surface area contributed by atoms with Crippen molar-refractivity contribution in [3.05, 3.63) is 28.5 Å². The van der Waals surface area contributed by atoms with Crippen molar-refractivity contribution in [2.45, 2.75) is 0 Å². The fourth-order valence-corrected chi connectivity index (χ4v) is 1.43. The van der Waals surface area contributed by atoms with E-state index in [1.807, 2.05) is 22.9 Å². The highest BCUT2D eigenvalue weighted by Crippen LogP contribution is 2.20. The summed E-state index contributed by atoms with van der Waals surface area (Å²) in [6.07, 6.45) is 1.32. The average Bonchev–Trinajstić information content (AvgIpc) is 2.38. The second kappa shape index (κ2) is 3.40. The molecule has 0 fully saturated rings. The van der Waals surface area contributed by atoms with Gasteiger partial charge in [0.1, 0.15) is 0 Å². The van der Waals surface area contributed by atoms with Gasteiger partial charge >= 0.3 is 0 Å². The summed E-state index contributed by atoms with van der Waals surface area (Å²) in [5.41, 5.74) is 0.910. The van der Waals surface area contributed by atoms with Gasteiger partial charge in [0.25, 0.3) is 0 Å². The van der Waals surface area contributed by atoms with Gasteiger partial charge in [0.2, 0.25) is 0 Å². The van der Waals surface area contributed by atoms with Crippen molar-refractivity contribution in [1.82, 2.24) is 0 Å². The first-order valence-electron chi connectivity index (χ1n) is 2.62. The minimum atomic E-state index is 0.503. The Bertz CT molecular complexity index is 268. The SMILES string of the molecule is N#CC=C(Cl)c1ccsc1. The third kappa shape index (κ3) is 1.60. The molecule has 10 heavy (non-hydrogen) atoms. The lowest BCUT2D eigenvalue weighted by atomic mass is 10.3. The molecule has 0 unspecified atom stereocenters. The average molecular weight is 170 g/mol. The molecule has 1 heterocycles. The molecule has 1 rings (SSSR count). The number of thiophene rings is 1. The van der Waals surface area contributed by atoms with Crippen LogP contribution >= 0.6 is 22.9 Å². The summed E-state index contributed by atoms with van der Waals surface area (Å²) >= 11 is 7.25. The lowest BCUT2D eigenvalue weighted by Gasteiger charge is -1.86. The van der Waals surface area contributed by atoms with E-state index in [-0.39, 0.29) is 0 Å². The minimum absolute atomic E-state index is 0.503. The molecular weight excluding hydrogens is 166 g/mol. The molecule has 0 radical (unpaired) electrons. The van der Waals surface area contributed by atoms with Crippen LogP contribution in [-0.2, 0) is 0 Å². The third-order valence-electron chi connectivity index (χ3n) is 0.988. The maximum absolute atomic E-state index is 8.23. The standard InChI is InChI=1S/C7H4ClNS/c8-7(1-3-9)6-2-4-10-5-6/h1-2,4-5H. The van der Waals surface area contributed by atoms with Gasteiger partial charge in [-0.15, -0.1) is 0 Å². The first-order chi connectivity index (χ1) is 4.84. The van der Waals surface area contributed by atoms with Crippen molar-refractivity contribution in [3.63, 3.8) is 0 Å². The summed E-state index contributed by atoms with van der Waals surface area (Å²) < 4.78 is 0. The summed E-state index contributed by atoms with van der Waals surface area (Å²) in [7, 11) is 0. The van der Waals surface area contributed by atoms with Crippen LogP contribution in [-0.4, -0.2) is 0 Å². The molecule has 0 atom stereocenters. The van der Waals surface area contributed by atoms with E-state index < -0.39 is 0 Å². The van der Waals surface area contributed by atoms with E-state index in [0.717, 1.165) is 5.56 Å². The van der Waals surface area contributed by atoms with Crippen LogP contribution in [0.5, 0.6) is 0 Å². The van der Waals surface area contributed by atoms with Gasteiger partial charge in [0.05, 0.1) is 11.1 Å². The third-order valence-corrected chi connectivity index (χ3v) is 2.00. The van der Waals surface area contributed by atoms with Crippen molar-refractivity contribution in [2.24, 2.45) is 0 Å². The molecule has 1 nitrogen and oxygen atoms in total. The second-order valence-electron chi connectivity index (χ2n) is 1.63. The van der Waals surface area contributed by atoms with Crippen LogP contribution in [0.2, 0.25) is 0 Å². The normalized spacial score (nSPS) is 11.0. The van der Waals surface area contributed by atoms with Crippen LogP contribution in [0.25, 0.3) is 5.03 Å². The van der Waals surface area contributed by atoms with Crippen molar-refractivity contribution >= 4 is 28.0 Å². The van der Waals surface area contributed by atoms with Crippen LogP contribution in [0.1, 0.15) is 5.56 Å². The highest BCUT2D eigenvalue weighted by molar-refractivity contribution is 7.08. The first kappa shape index (κ1) is 7.33. The van der Waals surface area contributed by atoms with E-state index in [9.17, 15) is 0 Å². The smallest absolute Gasteiger partial charge is 0.0927 e. The van der Waals surface area contributed by atoms with E-state index in [2.05, 4.69) is 0 Å². The van der Waals surface area contributed by atoms with Gasteiger partial charge in [-0.3, -0.25) is 0 Å². The van der Waals surface area contributed by atoms with Gasteiger partial charge in [0.15, 0.2) is 0 Å². The number of allylic oxidation sites excluding steroid dienone is 1. The summed E-state index contributed by atoms with van der Waals surface area (Å²) in [5.74, 6) is 0. The largest absolute Gasteiger partial charge is 0.193 e. The van der Waals surface area contributed by atoms with Gasteiger partial charge < -0.3 is 0 Å². The lowest BCUT2D eigenvalue weighted by Crippen LogP contribution is -1.66. The zero-order valence-corrected chi connectivity index (χ0v) is 6.62. The lowest BCUT2D eigenvalue weighted by molar-refractivity contribution is 1.54. The fourth-order valence-electron chi connectivity index (χ4n) is 0.540. The number of hydrogen-bond donors (Lipinski definition) is 0. The zero-order valence-electron chi connectivity index (χ0n) is 5.04. The van der Waals surface area contributed by atoms with Gasteiger partial charge in [-0.1, -0.05) is 11.6 Å². The predicted octanol–water partition coefficient (Wildman–Crippen LogP) is 2.85. The van der Waals surface area contributed by atoms with E-state index in [1.165, 1.54) is 6.08 Å². The molecular formula is C7H4ClNS. The Morgan fingerprint density at radius 1 is 1.80 bits per heavy atom. The van der Waals surface area contributed by atoms with Crippen molar-refractivity contribution in [2.75, 3.05) is 0 Å². The number of halogens is 1. The van der Waals surface area contributed by atoms with E-state index in [4.69, 9.17) is 16.9 Å². The molecule has 0 aliphatic heterocycles. The summed E-state index contributed by atoms with van der Waals surface area (Å²) in [6.45, 7) is 0. The molecule has 0 aliphatic carbocycles. The Labute approximate surface area is 68.2 Å². The molecule has 3 heteroatoms. The van der Waals surface area contributed by atoms with Crippen molar-refractivity contribution in [1.29, 1.82) is 5.26 Å². The molecule has 0 bridgehead atoms. The summed E-state index contributed by atoms with van der Waals surface area (Å²) in [4.78, 5) is 0. The van der Waals surface area contributed by atoms with E-state index in [0.29, 0.717) is 5.03 Å². The molecule has 0 N–H and O–H groups in total. The molecule has 0 spiro atoms. The van der Waals surface area contributed by atoms with Crippen LogP contribution in [0.15, 0.2) is 22.9 Å². The molecule has 0 aliphatic rings. The number of rotatable bonds is 1. The summed E-state index contributed by atoms with van der Waals surface area (Å²) in [6, 6.07) is 3.74. The Hall–Kier alpha value is -0.780. The number of nitriles is 1. The number of nitrogens with zero attached hydrogens (tertiary/aromatic N) is 1. The summed E-state index contributed by atoms with van der Waals surface area (Å²) in [5, 5.41) is 12.6. The maximum atomic E-state index is 8.23. The number of hydrogen-bond acceptors (Lipinski definition) is 2. The van der Waals surface area contributed by atoms with Crippen LogP contribution in [0.3, 0.4) is 0 Å². The predicted molar refractivity (Wildman–Crippen MR) is 43.8 cm³/mol. The second-order valence-corrected chi connectivity index (χ2v) is 2.82. The Kier molecular flexibility index (Phi) is 2.49. The van der Waals surface area contributed by atoms with Gasteiger partial charge in [-0.25, -0.2) is 0 Å². The van der Waals surface area contributed by atoms with Crippen LogP contribution in [0.4, 0.5) is 0 Å². The van der Waals surface area contributed by atoms with Gasteiger partial charge in [-0.05, 0) is 16.8 Å². The molecule has 0 saturated heterocycles. The quantitative estimate of drug-likeness (QED) is 0.593. The fraction of sp³-hybridized carbons (Fsp3) is 0. The Morgan fingerprint density at radius 2 is 2.60 bits per heavy atom. The minimum Gasteiger partial charge on any atom is -0.193 e. The molecule has 50 valence electrons. The monoisotopic (exact) mass is 169 g/mol. The Morgan fingerprint density at radius 3 is 3.10 bits per heavy atom. The van der Waals surface area contributed by atoms with Crippen LogP contribution < -0.4 is 0 Å². The highest BCUT2D eigenvalue weighted by Gasteiger charge is 1.95. The van der Waals surface area contributed by atoms with Crippen molar-refractivity contribution in [3.8, 4) is 6.07 Å². The maximum Gasteiger partial charge on any atom is 0.0927 e. The zero-order chi connectivity index (χ0) is 7.40.